The maximum Gasteiger partial charge on any atom is 0.200 e. The van der Waals surface area contributed by atoms with Gasteiger partial charge in [-0.1, -0.05) is 18.2 Å². The molecule has 0 heterocycles. The first kappa shape index (κ1) is 20.7. The molecule has 0 aromatic heterocycles. The number of aromatic hydroxyl groups is 1. The van der Waals surface area contributed by atoms with E-state index in [1.54, 1.807) is 6.07 Å². The van der Waals surface area contributed by atoms with Gasteiger partial charge in [-0.15, -0.1) is 0 Å². The van der Waals surface area contributed by atoms with E-state index in [4.69, 9.17) is 4.74 Å². The van der Waals surface area contributed by atoms with Gasteiger partial charge in [-0.2, -0.15) is 4.39 Å². The third kappa shape index (κ3) is 4.88. The van der Waals surface area contributed by atoms with Crippen molar-refractivity contribution in [3.8, 4) is 5.75 Å². The maximum absolute atomic E-state index is 14.5. The van der Waals surface area contributed by atoms with Crippen LogP contribution in [0.15, 0.2) is 30.3 Å². The fraction of sp³-hybridized carbons (Fsp3) is 0.478. The summed E-state index contributed by atoms with van der Waals surface area (Å²) in [6.07, 6.45) is 4.92. The van der Waals surface area contributed by atoms with Crippen molar-refractivity contribution in [3.05, 3.63) is 64.5 Å². The van der Waals surface area contributed by atoms with Gasteiger partial charge in [0.1, 0.15) is 5.82 Å². The van der Waals surface area contributed by atoms with Crippen molar-refractivity contribution < 1.29 is 23.0 Å². The van der Waals surface area contributed by atoms with Crippen molar-refractivity contribution in [2.24, 2.45) is 5.92 Å². The predicted octanol–water partition coefficient (Wildman–Crippen LogP) is 6.25. The Balaban J connectivity index is 1.53. The van der Waals surface area contributed by atoms with Gasteiger partial charge >= 0.3 is 0 Å². The quantitative estimate of drug-likeness (QED) is 0.603. The molecular weight excluding hydrogens is 365 g/mol. The summed E-state index contributed by atoms with van der Waals surface area (Å²) in [5, 5.41) is 9.21. The molecule has 0 spiro atoms. The molecule has 1 aliphatic rings. The summed E-state index contributed by atoms with van der Waals surface area (Å²) >= 11 is 0. The number of hydrogen-bond donors (Lipinski definition) is 1. The Hall–Kier alpha value is -2.01. The van der Waals surface area contributed by atoms with Crippen molar-refractivity contribution in [2.45, 2.75) is 58.0 Å². The first-order chi connectivity index (χ1) is 13.5. The molecule has 0 aliphatic heterocycles. The van der Waals surface area contributed by atoms with Crippen LogP contribution >= 0.6 is 0 Å². The lowest BCUT2D eigenvalue weighted by molar-refractivity contribution is 0.134. The number of ether oxygens (including phenoxy) is 1. The smallest absolute Gasteiger partial charge is 0.200 e. The molecule has 2 aromatic carbocycles. The van der Waals surface area contributed by atoms with Crippen LogP contribution in [0, 0.1) is 23.4 Å². The molecule has 1 aliphatic carbocycles. The van der Waals surface area contributed by atoms with Crippen molar-refractivity contribution in [3.63, 3.8) is 0 Å². The Labute approximate surface area is 164 Å². The summed E-state index contributed by atoms with van der Waals surface area (Å²) in [4.78, 5) is 0. The Bertz CT molecular complexity index is 799. The highest BCUT2D eigenvalue weighted by atomic mass is 19.2. The van der Waals surface area contributed by atoms with Gasteiger partial charge in [0, 0.05) is 6.61 Å². The van der Waals surface area contributed by atoms with Gasteiger partial charge in [-0.25, -0.2) is 8.78 Å². The monoisotopic (exact) mass is 392 g/mol. The van der Waals surface area contributed by atoms with Crippen molar-refractivity contribution >= 4 is 0 Å². The molecular formula is C23H27F3O2. The second-order valence-corrected chi connectivity index (χ2v) is 7.62. The van der Waals surface area contributed by atoms with E-state index in [0.29, 0.717) is 31.1 Å². The third-order valence-electron chi connectivity index (χ3n) is 5.79. The van der Waals surface area contributed by atoms with E-state index in [9.17, 15) is 18.3 Å². The molecule has 1 N–H and O–H groups in total. The van der Waals surface area contributed by atoms with E-state index in [-0.39, 0.29) is 11.7 Å². The van der Waals surface area contributed by atoms with Crippen molar-refractivity contribution in [1.82, 2.24) is 0 Å². The second kappa shape index (κ2) is 9.46. The molecule has 0 radical (unpaired) electrons. The number of phenolic OH excluding ortho intramolecular Hbond substituents is 1. The first-order valence-electron chi connectivity index (χ1n) is 10.0. The zero-order valence-electron chi connectivity index (χ0n) is 16.2. The predicted molar refractivity (Wildman–Crippen MR) is 103 cm³/mol. The molecule has 152 valence electrons. The largest absolute Gasteiger partial charge is 0.505 e. The number of rotatable bonds is 7. The average molecular weight is 392 g/mol. The fourth-order valence-corrected chi connectivity index (χ4v) is 4.11. The Morgan fingerprint density at radius 3 is 2.43 bits per heavy atom. The number of benzene rings is 2. The van der Waals surface area contributed by atoms with Crippen LogP contribution in [-0.4, -0.2) is 11.7 Å². The van der Waals surface area contributed by atoms with E-state index in [1.165, 1.54) is 12.1 Å². The summed E-state index contributed by atoms with van der Waals surface area (Å²) in [6.45, 7) is 2.94. The zero-order valence-corrected chi connectivity index (χ0v) is 16.2. The molecule has 0 unspecified atom stereocenters. The van der Waals surface area contributed by atoms with Gasteiger partial charge in [0.25, 0.3) is 0 Å². The van der Waals surface area contributed by atoms with E-state index < -0.39 is 17.4 Å². The molecule has 0 bridgehead atoms. The van der Waals surface area contributed by atoms with Gasteiger partial charge < -0.3 is 9.84 Å². The van der Waals surface area contributed by atoms with Crippen LogP contribution in [0.5, 0.6) is 5.75 Å². The molecule has 1 fully saturated rings. The summed E-state index contributed by atoms with van der Waals surface area (Å²) in [5.74, 6) is -2.32. The normalized spacial score (nSPS) is 19.7. The van der Waals surface area contributed by atoms with Crippen LogP contribution in [0.1, 0.15) is 61.6 Å². The second-order valence-electron chi connectivity index (χ2n) is 7.62. The van der Waals surface area contributed by atoms with E-state index >= 15 is 0 Å². The highest BCUT2D eigenvalue weighted by Gasteiger charge is 2.25. The van der Waals surface area contributed by atoms with E-state index in [1.807, 2.05) is 19.1 Å². The molecule has 2 aromatic rings. The van der Waals surface area contributed by atoms with Gasteiger partial charge in [0.05, 0.1) is 6.61 Å². The summed E-state index contributed by atoms with van der Waals surface area (Å²) in [6, 6.07) is 8.02. The molecule has 0 amide bonds. The third-order valence-corrected chi connectivity index (χ3v) is 5.79. The maximum atomic E-state index is 14.5. The SMILES string of the molecule is CCOCc1ccc(C2CCC(CCc3ccc(O)c(F)c3F)CC2)c(F)c1. The van der Waals surface area contributed by atoms with Crippen LogP contribution in [-0.2, 0) is 17.8 Å². The van der Waals surface area contributed by atoms with Gasteiger partial charge in [0.15, 0.2) is 11.6 Å². The Morgan fingerprint density at radius 2 is 1.75 bits per heavy atom. The summed E-state index contributed by atoms with van der Waals surface area (Å²) in [5.41, 5.74) is 1.92. The highest BCUT2D eigenvalue weighted by molar-refractivity contribution is 5.30. The number of hydrogen-bond acceptors (Lipinski definition) is 2. The average Bonchev–Trinajstić information content (AvgIpc) is 2.70. The zero-order chi connectivity index (χ0) is 20.1. The molecule has 28 heavy (non-hydrogen) atoms. The Kier molecular flexibility index (Phi) is 7.00. The van der Waals surface area contributed by atoms with Gasteiger partial charge in [-0.3, -0.25) is 0 Å². The van der Waals surface area contributed by atoms with Gasteiger partial charge in [0.2, 0.25) is 5.82 Å². The number of halogens is 3. The summed E-state index contributed by atoms with van der Waals surface area (Å²) in [7, 11) is 0. The first-order valence-corrected chi connectivity index (χ1v) is 10.0. The molecule has 2 nitrogen and oxygen atoms in total. The molecule has 3 rings (SSSR count). The lowest BCUT2D eigenvalue weighted by Gasteiger charge is -2.29. The topological polar surface area (TPSA) is 29.5 Å². The highest BCUT2D eigenvalue weighted by Crippen LogP contribution is 2.39. The van der Waals surface area contributed by atoms with E-state index in [0.717, 1.165) is 43.2 Å². The molecule has 5 heteroatoms. The van der Waals surface area contributed by atoms with Crippen molar-refractivity contribution in [1.29, 1.82) is 0 Å². The molecule has 0 atom stereocenters. The van der Waals surface area contributed by atoms with Crippen LogP contribution < -0.4 is 0 Å². The minimum absolute atomic E-state index is 0.165. The lowest BCUT2D eigenvalue weighted by Crippen LogP contribution is -2.15. The minimum Gasteiger partial charge on any atom is -0.505 e. The van der Waals surface area contributed by atoms with Crippen LogP contribution in [0.25, 0.3) is 0 Å². The van der Waals surface area contributed by atoms with Crippen LogP contribution in [0.2, 0.25) is 0 Å². The van der Waals surface area contributed by atoms with Crippen molar-refractivity contribution in [2.75, 3.05) is 6.61 Å². The van der Waals surface area contributed by atoms with Crippen LogP contribution in [0.4, 0.5) is 13.2 Å². The van der Waals surface area contributed by atoms with Crippen LogP contribution in [0.3, 0.4) is 0 Å². The molecule has 1 saturated carbocycles. The standard InChI is InChI=1S/C23H27F3O2/c1-2-28-14-16-6-11-19(20(24)13-16)17-7-3-15(4-8-17)5-9-18-10-12-21(27)23(26)22(18)25/h6,10-13,15,17,27H,2-5,7-9,14H2,1H3. The Morgan fingerprint density at radius 1 is 1.00 bits per heavy atom. The summed E-state index contributed by atoms with van der Waals surface area (Å²) < 4.78 is 47.2. The fourth-order valence-electron chi connectivity index (χ4n) is 4.11. The lowest BCUT2D eigenvalue weighted by atomic mass is 9.76. The number of aryl methyl sites for hydroxylation is 1. The minimum atomic E-state index is -1.18. The molecule has 0 saturated heterocycles. The number of phenols is 1. The van der Waals surface area contributed by atoms with E-state index in [2.05, 4.69) is 0 Å². The van der Waals surface area contributed by atoms with Gasteiger partial charge in [-0.05, 0) is 86.1 Å².